The van der Waals surface area contributed by atoms with Crippen molar-refractivity contribution in [1.29, 1.82) is 0 Å². The molecule has 1 aromatic carbocycles. The fourth-order valence-corrected chi connectivity index (χ4v) is 6.72. The molecule has 4 saturated carbocycles. The molecule has 5 fully saturated rings. The standard InChI is InChI=1S/C22H27FN2O2/c23-17-3-5-18(6-4-17)24-20(26)19-2-1-7-25(19)21(27)22-11-14-8-15(12-22)10-16(9-14)13-22/h3-6,14-16,19H,1-2,7-13H2,(H,24,26). The first-order valence-corrected chi connectivity index (χ1v) is 10.4. The Balaban J connectivity index is 1.32. The fraction of sp³-hybridized carbons (Fsp3) is 0.636. The van der Waals surface area contributed by atoms with Gasteiger partial charge in [0.25, 0.3) is 0 Å². The van der Waals surface area contributed by atoms with Crippen LogP contribution in [-0.4, -0.2) is 29.3 Å². The number of nitrogens with one attached hydrogen (secondary N) is 1. The predicted octanol–water partition coefficient (Wildman–Crippen LogP) is 3.97. The highest BCUT2D eigenvalue weighted by Gasteiger charge is 2.56. The van der Waals surface area contributed by atoms with Crippen molar-refractivity contribution in [3.05, 3.63) is 30.1 Å². The third-order valence-electron chi connectivity index (χ3n) is 7.42. The normalized spacial score (nSPS) is 36.9. The zero-order chi connectivity index (χ0) is 18.6. The summed E-state index contributed by atoms with van der Waals surface area (Å²) < 4.78 is 13.1. The Morgan fingerprint density at radius 1 is 1.00 bits per heavy atom. The summed E-state index contributed by atoms with van der Waals surface area (Å²) in [5.41, 5.74) is 0.378. The van der Waals surface area contributed by atoms with E-state index in [9.17, 15) is 14.0 Å². The second-order valence-electron chi connectivity index (χ2n) is 9.35. The highest BCUT2D eigenvalue weighted by molar-refractivity contribution is 5.98. The molecule has 1 saturated heterocycles. The van der Waals surface area contributed by atoms with E-state index in [0.717, 1.165) is 25.7 Å². The largest absolute Gasteiger partial charge is 0.330 e. The van der Waals surface area contributed by atoms with Crippen molar-refractivity contribution in [3.63, 3.8) is 0 Å². The maximum absolute atomic E-state index is 13.6. The van der Waals surface area contributed by atoms with Crippen molar-refractivity contribution >= 4 is 17.5 Å². The van der Waals surface area contributed by atoms with Crippen molar-refractivity contribution in [1.82, 2.24) is 4.90 Å². The van der Waals surface area contributed by atoms with Crippen molar-refractivity contribution < 1.29 is 14.0 Å². The summed E-state index contributed by atoms with van der Waals surface area (Å²) in [5.74, 6) is 1.92. The van der Waals surface area contributed by atoms with Crippen molar-refractivity contribution in [2.24, 2.45) is 23.2 Å². The SMILES string of the molecule is O=C(Nc1ccc(F)cc1)C1CCCN1C(=O)C12CC3CC(CC(C3)C1)C2. The summed E-state index contributed by atoms with van der Waals surface area (Å²) in [6.07, 6.45) is 8.59. The molecule has 5 aliphatic rings. The number of rotatable bonds is 3. The molecule has 1 aliphatic heterocycles. The number of amides is 2. The number of benzene rings is 1. The first kappa shape index (κ1) is 17.2. The number of carbonyl (C=O) groups excluding carboxylic acids is 2. The molecule has 4 nitrogen and oxygen atoms in total. The van der Waals surface area contributed by atoms with Gasteiger partial charge in [0.1, 0.15) is 11.9 Å². The molecule has 0 spiro atoms. The molecular weight excluding hydrogens is 343 g/mol. The number of anilines is 1. The summed E-state index contributed by atoms with van der Waals surface area (Å²) in [7, 11) is 0. The minimum atomic E-state index is -0.393. The highest BCUT2D eigenvalue weighted by atomic mass is 19.1. The summed E-state index contributed by atoms with van der Waals surface area (Å²) >= 11 is 0. The average Bonchev–Trinajstić information content (AvgIpc) is 3.11. The van der Waals surface area contributed by atoms with Gasteiger partial charge in [0.2, 0.25) is 11.8 Å². The Morgan fingerprint density at radius 2 is 1.59 bits per heavy atom. The lowest BCUT2D eigenvalue weighted by Crippen LogP contribution is -2.56. The number of carbonyl (C=O) groups is 2. The van der Waals surface area contributed by atoms with Gasteiger partial charge in [-0.25, -0.2) is 4.39 Å². The van der Waals surface area contributed by atoms with Crippen LogP contribution in [0.25, 0.3) is 0 Å². The minimum Gasteiger partial charge on any atom is -0.330 e. The predicted molar refractivity (Wildman–Crippen MR) is 100 cm³/mol. The molecule has 4 bridgehead atoms. The maximum Gasteiger partial charge on any atom is 0.247 e. The zero-order valence-corrected chi connectivity index (χ0v) is 15.6. The summed E-state index contributed by atoms with van der Waals surface area (Å²) in [4.78, 5) is 28.3. The maximum atomic E-state index is 13.6. The van der Waals surface area contributed by atoms with E-state index in [1.165, 1.54) is 31.4 Å². The van der Waals surface area contributed by atoms with E-state index in [-0.39, 0.29) is 23.0 Å². The topological polar surface area (TPSA) is 49.4 Å². The van der Waals surface area contributed by atoms with E-state index < -0.39 is 6.04 Å². The minimum absolute atomic E-state index is 0.141. The second kappa shape index (κ2) is 6.32. The Morgan fingerprint density at radius 3 is 2.19 bits per heavy atom. The highest BCUT2D eigenvalue weighted by Crippen LogP contribution is 2.60. The molecule has 4 aliphatic carbocycles. The van der Waals surface area contributed by atoms with Crippen LogP contribution in [0.5, 0.6) is 0 Å². The lowest BCUT2D eigenvalue weighted by molar-refractivity contribution is -0.160. The van der Waals surface area contributed by atoms with Gasteiger partial charge in [0, 0.05) is 12.2 Å². The van der Waals surface area contributed by atoms with Gasteiger partial charge < -0.3 is 10.2 Å². The lowest BCUT2D eigenvalue weighted by atomic mass is 9.49. The monoisotopic (exact) mass is 370 g/mol. The second-order valence-corrected chi connectivity index (χ2v) is 9.35. The zero-order valence-electron chi connectivity index (χ0n) is 15.6. The van der Waals surface area contributed by atoms with Gasteiger partial charge >= 0.3 is 0 Å². The molecule has 1 heterocycles. The van der Waals surface area contributed by atoms with E-state index in [4.69, 9.17) is 0 Å². The van der Waals surface area contributed by atoms with Crippen LogP contribution >= 0.6 is 0 Å². The third-order valence-corrected chi connectivity index (χ3v) is 7.42. The van der Waals surface area contributed by atoms with Crippen molar-refractivity contribution in [2.45, 2.75) is 57.4 Å². The lowest BCUT2D eigenvalue weighted by Gasteiger charge is -2.56. The molecule has 1 atom stereocenters. The number of hydrogen-bond acceptors (Lipinski definition) is 2. The number of halogens is 1. The van der Waals surface area contributed by atoms with Crippen LogP contribution in [0.4, 0.5) is 10.1 Å². The molecule has 1 N–H and O–H groups in total. The average molecular weight is 370 g/mol. The Labute approximate surface area is 159 Å². The summed E-state index contributed by atoms with van der Waals surface area (Å²) in [6.45, 7) is 0.683. The van der Waals surface area contributed by atoms with Crippen LogP contribution < -0.4 is 5.32 Å². The van der Waals surface area contributed by atoms with E-state index >= 15 is 0 Å². The molecule has 0 aromatic heterocycles. The fourth-order valence-electron chi connectivity index (χ4n) is 6.72. The quantitative estimate of drug-likeness (QED) is 0.875. The van der Waals surface area contributed by atoms with Crippen LogP contribution in [0, 0.1) is 29.0 Å². The molecule has 27 heavy (non-hydrogen) atoms. The molecule has 2 amide bonds. The number of likely N-dealkylation sites (tertiary alicyclic amines) is 1. The Kier molecular flexibility index (Phi) is 4.03. The van der Waals surface area contributed by atoms with Gasteiger partial charge in [-0.15, -0.1) is 0 Å². The van der Waals surface area contributed by atoms with E-state index in [1.807, 2.05) is 4.90 Å². The van der Waals surface area contributed by atoms with Gasteiger partial charge in [-0.05, 0) is 93.4 Å². The van der Waals surface area contributed by atoms with Crippen LogP contribution in [0.15, 0.2) is 24.3 Å². The summed E-state index contributed by atoms with van der Waals surface area (Å²) in [5, 5.41) is 2.87. The molecule has 144 valence electrons. The van der Waals surface area contributed by atoms with Gasteiger partial charge in [0.15, 0.2) is 0 Å². The first-order valence-electron chi connectivity index (χ1n) is 10.4. The van der Waals surface area contributed by atoms with Crippen LogP contribution in [-0.2, 0) is 9.59 Å². The van der Waals surface area contributed by atoms with Crippen LogP contribution in [0.1, 0.15) is 51.4 Å². The Bertz CT molecular complexity index is 725. The smallest absolute Gasteiger partial charge is 0.247 e. The van der Waals surface area contributed by atoms with E-state index in [2.05, 4.69) is 5.32 Å². The Hall–Kier alpha value is -1.91. The molecule has 1 unspecified atom stereocenters. The molecule has 0 radical (unpaired) electrons. The van der Waals surface area contributed by atoms with Gasteiger partial charge in [-0.2, -0.15) is 0 Å². The molecule has 1 aromatic rings. The summed E-state index contributed by atoms with van der Waals surface area (Å²) in [6, 6.07) is 5.40. The number of hydrogen-bond donors (Lipinski definition) is 1. The van der Waals surface area contributed by atoms with E-state index in [0.29, 0.717) is 36.4 Å². The number of nitrogens with zero attached hydrogens (tertiary/aromatic N) is 1. The van der Waals surface area contributed by atoms with Crippen molar-refractivity contribution in [2.75, 3.05) is 11.9 Å². The van der Waals surface area contributed by atoms with Crippen LogP contribution in [0.3, 0.4) is 0 Å². The molecule has 5 heteroatoms. The molecule has 6 rings (SSSR count). The van der Waals surface area contributed by atoms with Crippen LogP contribution in [0.2, 0.25) is 0 Å². The van der Waals surface area contributed by atoms with E-state index in [1.54, 1.807) is 12.1 Å². The molecular formula is C22H27FN2O2. The van der Waals surface area contributed by atoms with Crippen molar-refractivity contribution in [3.8, 4) is 0 Å². The van der Waals surface area contributed by atoms with Gasteiger partial charge in [0.05, 0.1) is 5.41 Å². The first-order chi connectivity index (χ1) is 13.0. The van der Waals surface area contributed by atoms with Gasteiger partial charge in [-0.1, -0.05) is 0 Å². The third kappa shape index (κ3) is 2.95. The van der Waals surface area contributed by atoms with Gasteiger partial charge in [-0.3, -0.25) is 9.59 Å².